The molecular weight excluding hydrogens is 298 g/mol. The molecule has 1 aliphatic rings. The molecule has 1 aromatic carbocycles. The first kappa shape index (κ1) is 13.1. The molecule has 2 aromatic rings. The lowest BCUT2D eigenvalue weighted by Gasteiger charge is -2.18. The van der Waals surface area contributed by atoms with Crippen molar-refractivity contribution in [1.29, 1.82) is 0 Å². The molecule has 5 nitrogen and oxygen atoms in total. The topological polar surface area (TPSA) is 74.7 Å². The Morgan fingerprint density at radius 2 is 2.05 bits per heavy atom. The fraction of sp³-hybridized carbons (Fsp3) is 0.154. The van der Waals surface area contributed by atoms with Crippen LogP contribution in [0.15, 0.2) is 39.9 Å². The van der Waals surface area contributed by atoms with Gasteiger partial charge < -0.3 is 5.11 Å². The molecule has 2 heterocycles. The number of rotatable bonds is 3. The van der Waals surface area contributed by atoms with E-state index in [1.165, 1.54) is 15.8 Å². The summed E-state index contributed by atoms with van der Waals surface area (Å²) in [4.78, 5) is 10.9. The molecule has 3 rings (SSSR count). The zero-order chi connectivity index (χ0) is 14.3. The van der Waals surface area contributed by atoms with Gasteiger partial charge in [0, 0.05) is 11.9 Å². The van der Waals surface area contributed by atoms with Crippen LogP contribution in [0.2, 0.25) is 0 Å². The van der Waals surface area contributed by atoms with Gasteiger partial charge in [0.2, 0.25) is 0 Å². The zero-order valence-corrected chi connectivity index (χ0v) is 11.9. The van der Waals surface area contributed by atoms with Crippen molar-refractivity contribution in [2.24, 2.45) is 0 Å². The van der Waals surface area contributed by atoms with E-state index in [0.717, 1.165) is 16.9 Å². The summed E-state index contributed by atoms with van der Waals surface area (Å²) in [5.74, 6) is -1.12. The smallest absolute Gasteiger partial charge is 0.336 e. The Morgan fingerprint density at radius 3 is 2.75 bits per heavy atom. The summed E-state index contributed by atoms with van der Waals surface area (Å²) in [5.41, 5.74) is 1.67. The third kappa shape index (κ3) is 1.99. The highest BCUT2D eigenvalue weighted by atomic mass is 32.2. The maximum absolute atomic E-state index is 12.6. The predicted octanol–water partition coefficient (Wildman–Crippen LogP) is 2.20. The Labute approximate surface area is 120 Å². The van der Waals surface area contributed by atoms with Gasteiger partial charge in [0.1, 0.15) is 4.21 Å². The third-order valence-electron chi connectivity index (χ3n) is 3.21. The van der Waals surface area contributed by atoms with Crippen molar-refractivity contribution in [1.82, 2.24) is 0 Å². The number of fused-ring (bicyclic) bond motifs is 1. The number of nitrogens with zero attached hydrogens (tertiary/aromatic N) is 1. The van der Waals surface area contributed by atoms with Crippen LogP contribution in [0.4, 0.5) is 5.69 Å². The Kier molecular flexibility index (Phi) is 3.02. The number of carboxylic acid groups (broad SMARTS) is 1. The summed E-state index contributed by atoms with van der Waals surface area (Å²) >= 11 is 0.936. The number of thiophene rings is 1. The minimum absolute atomic E-state index is 0.000979. The van der Waals surface area contributed by atoms with Crippen LogP contribution in [0.5, 0.6) is 0 Å². The van der Waals surface area contributed by atoms with Crippen molar-refractivity contribution >= 4 is 33.0 Å². The number of anilines is 1. The molecule has 1 aromatic heterocycles. The van der Waals surface area contributed by atoms with E-state index in [9.17, 15) is 13.2 Å². The molecule has 0 amide bonds. The maximum Gasteiger partial charge on any atom is 0.336 e. The van der Waals surface area contributed by atoms with Gasteiger partial charge in [0.15, 0.2) is 0 Å². The fourth-order valence-corrected chi connectivity index (χ4v) is 5.00. The average Bonchev–Trinajstić information content (AvgIpc) is 3.06. The number of benzene rings is 1. The van der Waals surface area contributed by atoms with Crippen LogP contribution in [-0.2, 0) is 16.4 Å². The second-order valence-electron chi connectivity index (χ2n) is 4.42. The molecule has 0 unspecified atom stereocenters. The summed E-state index contributed by atoms with van der Waals surface area (Å²) in [6.45, 7) is 0.391. The third-order valence-corrected chi connectivity index (χ3v) is 6.44. The van der Waals surface area contributed by atoms with Gasteiger partial charge in [-0.2, -0.15) is 0 Å². The summed E-state index contributed by atoms with van der Waals surface area (Å²) in [5, 5.41) is 10.2. The highest BCUT2D eigenvalue weighted by molar-refractivity contribution is 7.94. The number of sulfonamides is 1. The number of hydrogen-bond donors (Lipinski definition) is 1. The summed E-state index contributed by atoms with van der Waals surface area (Å²) in [6.07, 6.45) is 0.673. The molecule has 0 saturated heterocycles. The van der Waals surface area contributed by atoms with Gasteiger partial charge in [-0.3, -0.25) is 4.31 Å². The SMILES string of the molecule is O=C(O)c1csc(S(=O)(=O)N2CCc3ccccc32)c1. The first-order chi connectivity index (χ1) is 9.50. The van der Waals surface area contributed by atoms with E-state index < -0.39 is 16.0 Å². The quantitative estimate of drug-likeness (QED) is 0.943. The van der Waals surface area contributed by atoms with Crippen LogP contribution in [-0.4, -0.2) is 26.0 Å². The molecule has 1 aliphatic heterocycles. The van der Waals surface area contributed by atoms with Gasteiger partial charge in [0.05, 0.1) is 11.3 Å². The predicted molar refractivity (Wildman–Crippen MR) is 76.0 cm³/mol. The fourth-order valence-electron chi connectivity index (χ4n) is 2.23. The van der Waals surface area contributed by atoms with Gasteiger partial charge in [-0.1, -0.05) is 18.2 Å². The van der Waals surface area contributed by atoms with E-state index in [1.54, 1.807) is 12.1 Å². The van der Waals surface area contributed by atoms with E-state index >= 15 is 0 Å². The van der Waals surface area contributed by atoms with E-state index in [4.69, 9.17) is 5.11 Å². The highest BCUT2D eigenvalue weighted by Gasteiger charge is 2.32. The minimum Gasteiger partial charge on any atom is -0.478 e. The second-order valence-corrected chi connectivity index (χ2v) is 7.42. The number of carbonyl (C=O) groups is 1. The van der Waals surface area contributed by atoms with E-state index in [1.807, 2.05) is 12.1 Å². The molecule has 0 fully saturated rings. The molecule has 20 heavy (non-hydrogen) atoms. The summed E-state index contributed by atoms with van der Waals surface area (Å²) in [6, 6.07) is 8.56. The van der Waals surface area contributed by atoms with Crippen molar-refractivity contribution in [3.8, 4) is 0 Å². The molecule has 104 valence electrons. The first-order valence-electron chi connectivity index (χ1n) is 5.92. The van der Waals surface area contributed by atoms with Crippen molar-refractivity contribution < 1.29 is 18.3 Å². The van der Waals surface area contributed by atoms with Crippen LogP contribution >= 0.6 is 11.3 Å². The molecule has 0 aliphatic carbocycles. The van der Waals surface area contributed by atoms with Crippen LogP contribution < -0.4 is 4.31 Å². The Balaban J connectivity index is 2.03. The van der Waals surface area contributed by atoms with Gasteiger partial charge in [0.25, 0.3) is 10.0 Å². The van der Waals surface area contributed by atoms with Crippen LogP contribution in [0.25, 0.3) is 0 Å². The van der Waals surface area contributed by atoms with Gasteiger partial charge in [-0.05, 0) is 24.1 Å². The van der Waals surface area contributed by atoms with E-state index in [0.29, 0.717) is 18.7 Å². The van der Waals surface area contributed by atoms with E-state index in [2.05, 4.69) is 0 Å². The lowest BCUT2D eigenvalue weighted by molar-refractivity contribution is 0.0697. The molecule has 0 saturated carbocycles. The van der Waals surface area contributed by atoms with E-state index in [-0.39, 0.29) is 9.77 Å². The van der Waals surface area contributed by atoms with Crippen molar-refractivity contribution in [2.45, 2.75) is 10.6 Å². The molecule has 0 bridgehead atoms. The van der Waals surface area contributed by atoms with Gasteiger partial charge in [-0.15, -0.1) is 11.3 Å². The van der Waals surface area contributed by atoms with Crippen LogP contribution in [0, 0.1) is 0 Å². The summed E-state index contributed by atoms with van der Waals surface area (Å²) < 4.78 is 26.6. The van der Waals surface area contributed by atoms with Gasteiger partial charge in [-0.25, -0.2) is 13.2 Å². The number of carboxylic acids is 1. The Morgan fingerprint density at radius 1 is 1.30 bits per heavy atom. The lowest BCUT2D eigenvalue weighted by atomic mass is 10.2. The Bertz CT molecular complexity index is 779. The molecular formula is C13H11NO4S2. The number of hydrogen-bond acceptors (Lipinski definition) is 4. The minimum atomic E-state index is -3.68. The maximum atomic E-state index is 12.6. The van der Waals surface area contributed by atoms with Crippen LogP contribution in [0.1, 0.15) is 15.9 Å². The Hall–Kier alpha value is -1.86. The van der Waals surface area contributed by atoms with Crippen molar-refractivity contribution in [3.63, 3.8) is 0 Å². The first-order valence-corrected chi connectivity index (χ1v) is 8.24. The molecule has 0 radical (unpaired) electrons. The highest BCUT2D eigenvalue weighted by Crippen LogP contribution is 2.34. The monoisotopic (exact) mass is 309 g/mol. The average molecular weight is 309 g/mol. The zero-order valence-electron chi connectivity index (χ0n) is 10.3. The number of aromatic carboxylic acids is 1. The lowest BCUT2D eigenvalue weighted by Crippen LogP contribution is -2.28. The molecule has 0 spiro atoms. The van der Waals surface area contributed by atoms with Gasteiger partial charge >= 0.3 is 5.97 Å². The largest absolute Gasteiger partial charge is 0.478 e. The molecule has 0 atom stereocenters. The van der Waals surface area contributed by atoms with Crippen LogP contribution in [0.3, 0.4) is 0 Å². The normalized spacial score (nSPS) is 14.3. The molecule has 1 N–H and O–H groups in total. The summed E-state index contributed by atoms with van der Waals surface area (Å²) in [7, 11) is -3.68. The number of para-hydroxylation sites is 1. The standard InChI is InChI=1S/C13H11NO4S2/c15-13(16)10-7-12(19-8-10)20(17,18)14-6-5-9-3-1-2-4-11(9)14/h1-4,7-8H,5-6H2,(H,15,16). The van der Waals surface area contributed by atoms with Crippen molar-refractivity contribution in [3.05, 3.63) is 46.8 Å². The second kappa shape index (κ2) is 4.60. The van der Waals surface area contributed by atoms with Crippen molar-refractivity contribution in [2.75, 3.05) is 10.8 Å². The molecule has 7 heteroatoms.